The Bertz CT molecular complexity index is 319. The van der Waals surface area contributed by atoms with Gasteiger partial charge in [-0.1, -0.05) is 31.3 Å². The van der Waals surface area contributed by atoms with E-state index in [0.29, 0.717) is 5.71 Å². The summed E-state index contributed by atoms with van der Waals surface area (Å²) in [7, 11) is 1.63. The summed E-state index contributed by atoms with van der Waals surface area (Å²) in [6.07, 6.45) is 5.96. The van der Waals surface area contributed by atoms with Crippen molar-refractivity contribution in [3.05, 3.63) is 0 Å². The van der Waals surface area contributed by atoms with E-state index >= 15 is 0 Å². The first-order chi connectivity index (χ1) is 9.01. The minimum atomic E-state index is -0.481. The fourth-order valence-corrected chi connectivity index (χ4v) is 2.19. The standard InChI is InChI=1S/C14H26N2O3/c1-5-14(3,18-4)11(2)16-19-13(17)15-12-9-7-6-8-10-12/h12H,5-10H2,1-4H3,(H,15,17)/b16-11+. The number of oxime groups is 1. The molecule has 1 N–H and O–H groups in total. The van der Waals surface area contributed by atoms with E-state index in [1.807, 2.05) is 13.8 Å². The van der Waals surface area contributed by atoms with E-state index < -0.39 is 11.7 Å². The van der Waals surface area contributed by atoms with Crippen molar-refractivity contribution in [3.8, 4) is 0 Å². The number of carbonyl (C=O) groups excluding carboxylic acids is 1. The van der Waals surface area contributed by atoms with Crippen molar-refractivity contribution >= 4 is 11.8 Å². The molecule has 5 heteroatoms. The molecule has 5 nitrogen and oxygen atoms in total. The molecule has 0 aromatic heterocycles. The molecular weight excluding hydrogens is 244 g/mol. The zero-order valence-electron chi connectivity index (χ0n) is 12.5. The molecule has 1 aliphatic carbocycles. The van der Waals surface area contributed by atoms with Crippen molar-refractivity contribution in [1.29, 1.82) is 0 Å². The average Bonchev–Trinajstić information content (AvgIpc) is 2.45. The zero-order chi connectivity index (χ0) is 14.3. The minimum Gasteiger partial charge on any atom is -0.372 e. The molecule has 0 aromatic carbocycles. The third-order valence-corrected chi connectivity index (χ3v) is 4.08. The van der Waals surface area contributed by atoms with Crippen molar-refractivity contribution in [1.82, 2.24) is 5.32 Å². The Kier molecular flexibility index (Phi) is 6.28. The van der Waals surface area contributed by atoms with Crippen LogP contribution in [0.4, 0.5) is 4.79 Å². The predicted octanol–water partition coefficient (Wildman–Crippen LogP) is 3.24. The largest absolute Gasteiger partial charge is 0.433 e. The van der Waals surface area contributed by atoms with E-state index in [1.165, 1.54) is 19.3 Å². The Hall–Kier alpha value is -1.10. The number of hydrogen-bond donors (Lipinski definition) is 1. The topological polar surface area (TPSA) is 59.9 Å². The third kappa shape index (κ3) is 4.82. The number of amides is 1. The first kappa shape index (κ1) is 16.0. The van der Waals surface area contributed by atoms with Crippen LogP contribution in [0.25, 0.3) is 0 Å². The summed E-state index contributed by atoms with van der Waals surface area (Å²) >= 11 is 0. The van der Waals surface area contributed by atoms with Gasteiger partial charge in [0.1, 0.15) is 5.60 Å². The van der Waals surface area contributed by atoms with Gasteiger partial charge in [-0.3, -0.25) is 4.84 Å². The van der Waals surface area contributed by atoms with Crippen LogP contribution in [0.2, 0.25) is 0 Å². The summed E-state index contributed by atoms with van der Waals surface area (Å²) in [6.45, 7) is 5.74. The summed E-state index contributed by atoms with van der Waals surface area (Å²) in [5, 5.41) is 6.74. The van der Waals surface area contributed by atoms with Gasteiger partial charge in [-0.2, -0.15) is 0 Å². The number of carbonyl (C=O) groups is 1. The predicted molar refractivity (Wildman–Crippen MR) is 75.3 cm³/mol. The van der Waals surface area contributed by atoms with Crippen LogP contribution in [0, 0.1) is 0 Å². The second-order valence-electron chi connectivity index (χ2n) is 5.32. The molecule has 0 radical (unpaired) electrons. The molecule has 19 heavy (non-hydrogen) atoms. The summed E-state index contributed by atoms with van der Waals surface area (Å²) in [4.78, 5) is 16.6. The van der Waals surface area contributed by atoms with Crippen LogP contribution in [-0.4, -0.2) is 30.6 Å². The van der Waals surface area contributed by atoms with Crippen LogP contribution in [0.5, 0.6) is 0 Å². The molecule has 1 rings (SSSR count). The van der Waals surface area contributed by atoms with E-state index in [0.717, 1.165) is 19.3 Å². The number of rotatable bonds is 5. The van der Waals surface area contributed by atoms with Crippen molar-refractivity contribution < 1.29 is 14.4 Å². The monoisotopic (exact) mass is 270 g/mol. The fraction of sp³-hybridized carbons (Fsp3) is 0.857. The lowest BCUT2D eigenvalue weighted by Gasteiger charge is -2.25. The molecule has 1 saturated carbocycles. The first-order valence-corrected chi connectivity index (χ1v) is 7.09. The Labute approximate surface area is 115 Å². The second-order valence-corrected chi connectivity index (χ2v) is 5.32. The maximum Gasteiger partial charge on any atom is 0.433 e. The van der Waals surface area contributed by atoms with Crippen molar-refractivity contribution in [3.63, 3.8) is 0 Å². The lowest BCUT2D eigenvalue weighted by Crippen LogP contribution is -2.37. The van der Waals surface area contributed by atoms with Gasteiger partial charge in [-0.15, -0.1) is 0 Å². The lowest BCUT2D eigenvalue weighted by molar-refractivity contribution is 0.0581. The molecule has 0 aliphatic heterocycles. The zero-order valence-corrected chi connectivity index (χ0v) is 12.5. The number of nitrogens with zero attached hydrogens (tertiary/aromatic N) is 1. The van der Waals surface area contributed by atoms with Crippen molar-refractivity contribution in [2.75, 3.05) is 7.11 Å². The molecule has 110 valence electrons. The van der Waals surface area contributed by atoms with Crippen LogP contribution >= 0.6 is 0 Å². The van der Waals surface area contributed by atoms with Gasteiger partial charge in [-0.25, -0.2) is 4.79 Å². The number of hydrogen-bond acceptors (Lipinski definition) is 4. The molecule has 1 fully saturated rings. The van der Waals surface area contributed by atoms with Gasteiger partial charge in [-0.05, 0) is 33.1 Å². The van der Waals surface area contributed by atoms with Crippen molar-refractivity contribution in [2.45, 2.75) is 70.9 Å². The van der Waals surface area contributed by atoms with Crippen LogP contribution < -0.4 is 5.32 Å². The van der Waals surface area contributed by atoms with Crippen LogP contribution in [0.3, 0.4) is 0 Å². The minimum absolute atomic E-state index is 0.233. The number of ether oxygens (including phenoxy) is 1. The molecule has 1 amide bonds. The summed E-state index contributed by atoms with van der Waals surface area (Å²) < 4.78 is 5.39. The van der Waals surface area contributed by atoms with Gasteiger partial charge in [0.2, 0.25) is 0 Å². The molecule has 1 aliphatic rings. The normalized spacial score (nSPS) is 20.7. The number of nitrogens with one attached hydrogen (secondary N) is 1. The highest BCUT2D eigenvalue weighted by Gasteiger charge is 2.26. The Morgan fingerprint density at radius 1 is 1.37 bits per heavy atom. The highest BCUT2D eigenvalue weighted by Crippen LogP contribution is 2.18. The highest BCUT2D eigenvalue weighted by molar-refractivity contribution is 5.90. The van der Waals surface area contributed by atoms with Crippen LogP contribution in [0.15, 0.2) is 5.16 Å². The molecule has 0 saturated heterocycles. The molecule has 0 aromatic rings. The molecule has 0 heterocycles. The van der Waals surface area contributed by atoms with Gasteiger partial charge in [0.25, 0.3) is 0 Å². The van der Waals surface area contributed by atoms with Gasteiger partial charge in [0, 0.05) is 13.2 Å². The molecule has 1 atom stereocenters. The fourth-order valence-electron chi connectivity index (χ4n) is 2.19. The molecular formula is C14H26N2O3. The third-order valence-electron chi connectivity index (χ3n) is 4.08. The van der Waals surface area contributed by atoms with E-state index in [2.05, 4.69) is 10.5 Å². The Balaban J connectivity index is 2.43. The quantitative estimate of drug-likeness (QED) is 0.474. The second kappa shape index (κ2) is 7.48. The summed E-state index contributed by atoms with van der Waals surface area (Å²) in [6, 6.07) is 0.233. The maximum atomic E-state index is 11.6. The highest BCUT2D eigenvalue weighted by atomic mass is 16.7. The first-order valence-electron chi connectivity index (χ1n) is 7.09. The van der Waals surface area contributed by atoms with Crippen LogP contribution in [0.1, 0.15) is 59.3 Å². The van der Waals surface area contributed by atoms with E-state index in [9.17, 15) is 4.79 Å². The summed E-state index contributed by atoms with van der Waals surface area (Å²) in [5.41, 5.74) is 0.182. The van der Waals surface area contributed by atoms with Gasteiger partial charge in [0.05, 0.1) is 5.71 Å². The SMILES string of the molecule is CCC(C)(OC)/C(C)=N/OC(=O)NC1CCCCC1. The van der Waals surface area contributed by atoms with Gasteiger partial charge in [0.15, 0.2) is 0 Å². The average molecular weight is 270 g/mol. The van der Waals surface area contributed by atoms with E-state index in [1.54, 1.807) is 14.0 Å². The van der Waals surface area contributed by atoms with Crippen LogP contribution in [-0.2, 0) is 9.57 Å². The Morgan fingerprint density at radius 2 is 2.00 bits per heavy atom. The van der Waals surface area contributed by atoms with Crippen molar-refractivity contribution in [2.24, 2.45) is 5.16 Å². The summed E-state index contributed by atoms with van der Waals surface area (Å²) in [5.74, 6) is 0. The molecule has 0 spiro atoms. The lowest BCUT2D eigenvalue weighted by atomic mass is 9.96. The molecule has 0 bridgehead atoms. The number of methoxy groups -OCH3 is 1. The van der Waals surface area contributed by atoms with Gasteiger partial charge >= 0.3 is 6.09 Å². The smallest absolute Gasteiger partial charge is 0.372 e. The van der Waals surface area contributed by atoms with Gasteiger partial charge < -0.3 is 10.1 Å². The molecule has 1 unspecified atom stereocenters. The Morgan fingerprint density at radius 3 is 2.53 bits per heavy atom. The van der Waals surface area contributed by atoms with E-state index in [4.69, 9.17) is 9.57 Å². The van der Waals surface area contributed by atoms with E-state index in [-0.39, 0.29) is 6.04 Å². The maximum absolute atomic E-state index is 11.6.